The minimum absolute atomic E-state index is 0.0775. The molecule has 8 heteroatoms. The number of aromatic nitrogens is 1. The fourth-order valence-electron chi connectivity index (χ4n) is 3.01. The Kier molecular flexibility index (Phi) is 5.63. The zero-order valence-corrected chi connectivity index (χ0v) is 16.4. The highest BCUT2D eigenvalue weighted by Gasteiger charge is 2.18. The number of para-hydroxylation sites is 1. The van der Waals surface area contributed by atoms with Gasteiger partial charge in [0.05, 0.1) is 10.9 Å². The first-order chi connectivity index (χ1) is 13.8. The monoisotopic (exact) mass is 395 g/mol. The van der Waals surface area contributed by atoms with E-state index in [1.54, 1.807) is 29.2 Å². The normalized spacial score (nSPS) is 10.7. The molecule has 1 aromatic carbocycles. The summed E-state index contributed by atoms with van der Waals surface area (Å²) in [4.78, 5) is 51.5. The quantitative estimate of drug-likeness (QED) is 0.714. The van der Waals surface area contributed by atoms with E-state index < -0.39 is 11.5 Å². The van der Waals surface area contributed by atoms with Crippen LogP contribution < -0.4 is 16.3 Å². The maximum atomic E-state index is 12.6. The number of benzene rings is 1. The SMILES string of the molecule is CCN(CC)C(=O)c1cc(NC(=O)c2cc(=O)c3ccccc3o2)c(=O)n(C)c1. The molecule has 2 amide bonds. The number of hydrogen-bond donors (Lipinski definition) is 1. The van der Waals surface area contributed by atoms with E-state index in [0.717, 1.165) is 6.07 Å². The third-order valence-corrected chi connectivity index (χ3v) is 4.59. The topological polar surface area (TPSA) is 102 Å². The minimum Gasteiger partial charge on any atom is -0.451 e. The molecule has 0 fully saturated rings. The van der Waals surface area contributed by atoms with Crippen LogP contribution in [0.4, 0.5) is 5.69 Å². The molecule has 0 aliphatic carbocycles. The number of nitrogens with zero attached hydrogens (tertiary/aromatic N) is 2. The minimum atomic E-state index is -0.752. The highest BCUT2D eigenvalue weighted by atomic mass is 16.3. The smallest absolute Gasteiger partial charge is 0.291 e. The van der Waals surface area contributed by atoms with Gasteiger partial charge in [-0.05, 0) is 32.0 Å². The van der Waals surface area contributed by atoms with E-state index in [1.165, 1.54) is 23.9 Å². The molecule has 1 N–H and O–H groups in total. The van der Waals surface area contributed by atoms with Gasteiger partial charge < -0.3 is 19.2 Å². The highest BCUT2D eigenvalue weighted by Crippen LogP contribution is 2.14. The predicted molar refractivity (Wildman–Crippen MR) is 109 cm³/mol. The van der Waals surface area contributed by atoms with Crippen molar-refractivity contribution in [2.75, 3.05) is 18.4 Å². The van der Waals surface area contributed by atoms with Gasteiger partial charge in [0.25, 0.3) is 17.4 Å². The maximum absolute atomic E-state index is 12.6. The van der Waals surface area contributed by atoms with Crippen molar-refractivity contribution in [3.63, 3.8) is 0 Å². The molecule has 0 aliphatic heterocycles. The van der Waals surface area contributed by atoms with Gasteiger partial charge in [-0.2, -0.15) is 0 Å². The number of hydrogen-bond acceptors (Lipinski definition) is 5. The Balaban J connectivity index is 1.97. The first kappa shape index (κ1) is 20.1. The van der Waals surface area contributed by atoms with E-state index in [2.05, 4.69) is 5.32 Å². The molecule has 0 saturated heterocycles. The van der Waals surface area contributed by atoms with E-state index in [0.29, 0.717) is 18.5 Å². The molecule has 3 aromatic rings. The highest BCUT2D eigenvalue weighted by molar-refractivity contribution is 6.03. The molecule has 3 rings (SSSR count). The Labute approximate surface area is 166 Å². The van der Waals surface area contributed by atoms with Crippen molar-refractivity contribution in [3.8, 4) is 0 Å². The predicted octanol–water partition coefficient (Wildman–Crippen LogP) is 2.23. The average Bonchev–Trinajstić information content (AvgIpc) is 2.71. The second kappa shape index (κ2) is 8.14. The maximum Gasteiger partial charge on any atom is 0.291 e. The first-order valence-corrected chi connectivity index (χ1v) is 9.19. The summed E-state index contributed by atoms with van der Waals surface area (Å²) in [6.07, 6.45) is 1.43. The number of amides is 2. The van der Waals surface area contributed by atoms with Gasteiger partial charge in [0.2, 0.25) is 0 Å². The summed E-state index contributed by atoms with van der Waals surface area (Å²) in [5.74, 6) is -1.23. The van der Waals surface area contributed by atoms with Gasteiger partial charge in [0, 0.05) is 32.4 Å². The lowest BCUT2D eigenvalue weighted by Gasteiger charge is -2.19. The van der Waals surface area contributed by atoms with Gasteiger partial charge in [-0.3, -0.25) is 19.2 Å². The molecule has 0 saturated carbocycles. The summed E-state index contributed by atoms with van der Waals surface area (Å²) in [6, 6.07) is 8.97. The lowest BCUT2D eigenvalue weighted by Crippen LogP contribution is -2.32. The van der Waals surface area contributed by atoms with Crippen LogP contribution in [0.3, 0.4) is 0 Å². The fraction of sp³-hybridized carbons (Fsp3) is 0.238. The second-order valence-electron chi connectivity index (χ2n) is 6.46. The van der Waals surface area contributed by atoms with Crippen LogP contribution in [-0.4, -0.2) is 34.4 Å². The van der Waals surface area contributed by atoms with E-state index in [-0.39, 0.29) is 33.9 Å². The van der Waals surface area contributed by atoms with Gasteiger partial charge >= 0.3 is 0 Å². The molecule has 150 valence electrons. The summed E-state index contributed by atoms with van der Waals surface area (Å²) in [7, 11) is 1.49. The Bertz CT molecular complexity index is 1200. The molecular weight excluding hydrogens is 374 g/mol. The van der Waals surface area contributed by atoms with Gasteiger partial charge in [0.15, 0.2) is 11.2 Å². The number of rotatable bonds is 5. The van der Waals surface area contributed by atoms with Crippen LogP contribution in [0.2, 0.25) is 0 Å². The average molecular weight is 395 g/mol. The van der Waals surface area contributed by atoms with Gasteiger partial charge in [-0.1, -0.05) is 12.1 Å². The van der Waals surface area contributed by atoms with Crippen molar-refractivity contribution in [1.29, 1.82) is 0 Å². The molecule has 2 heterocycles. The fourth-order valence-corrected chi connectivity index (χ4v) is 3.01. The lowest BCUT2D eigenvalue weighted by molar-refractivity contribution is 0.0771. The molecule has 0 radical (unpaired) electrons. The zero-order valence-electron chi connectivity index (χ0n) is 16.4. The Morgan fingerprint density at radius 1 is 1.10 bits per heavy atom. The summed E-state index contributed by atoms with van der Waals surface area (Å²) >= 11 is 0. The standard InChI is InChI=1S/C21H21N3O5/c1-4-24(5-2)20(27)13-10-15(21(28)23(3)12-13)22-19(26)18-11-16(25)14-8-6-7-9-17(14)29-18/h6-12H,4-5H2,1-3H3,(H,22,26). The summed E-state index contributed by atoms with van der Waals surface area (Å²) in [6.45, 7) is 4.74. The Hall–Kier alpha value is -3.68. The summed E-state index contributed by atoms with van der Waals surface area (Å²) in [5.41, 5.74) is -0.395. The largest absolute Gasteiger partial charge is 0.451 e. The number of carbonyl (C=O) groups is 2. The number of carbonyl (C=O) groups excluding carboxylic acids is 2. The summed E-state index contributed by atoms with van der Waals surface area (Å²) in [5, 5.41) is 2.81. The Morgan fingerprint density at radius 2 is 1.79 bits per heavy atom. The van der Waals surface area contributed by atoms with Crippen LogP contribution in [0.15, 0.2) is 56.6 Å². The van der Waals surface area contributed by atoms with E-state index in [4.69, 9.17) is 4.42 Å². The number of nitrogens with one attached hydrogen (secondary N) is 1. The van der Waals surface area contributed by atoms with Crippen molar-refractivity contribution in [1.82, 2.24) is 9.47 Å². The number of aryl methyl sites for hydroxylation is 1. The van der Waals surface area contributed by atoms with Crippen LogP contribution in [0.5, 0.6) is 0 Å². The lowest BCUT2D eigenvalue weighted by atomic mass is 10.2. The number of pyridine rings is 1. The second-order valence-corrected chi connectivity index (χ2v) is 6.46. The van der Waals surface area contributed by atoms with Crippen molar-refractivity contribution >= 4 is 28.5 Å². The third kappa shape index (κ3) is 3.96. The molecule has 0 atom stereocenters. The van der Waals surface area contributed by atoms with Gasteiger partial charge in [0.1, 0.15) is 11.3 Å². The van der Waals surface area contributed by atoms with Gasteiger partial charge in [-0.15, -0.1) is 0 Å². The molecule has 0 bridgehead atoms. The molecule has 8 nitrogen and oxygen atoms in total. The van der Waals surface area contributed by atoms with E-state index in [1.807, 2.05) is 13.8 Å². The van der Waals surface area contributed by atoms with Crippen molar-refractivity contribution < 1.29 is 14.0 Å². The Morgan fingerprint density at radius 3 is 2.48 bits per heavy atom. The third-order valence-electron chi connectivity index (χ3n) is 4.59. The van der Waals surface area contributed by atoms with Crippen molar-refractivity contribution in [3.05, 3.63) is 74.5 Å². The van der Waals surface area contributed by atoms with E-state index in [9.17, 15) is 19.2 Å². The van der Waals surface area contributed by atoms with Crippen LogP contribution in [-0.2, 0) is 7.05 Å². The molecular formula is C21H21N3O5. The molecule has 0 unspecified atom stereocenters. The van der Waals surface area contributed by atoms with Crippen molar-refractivity contribution in [2.45, 2.75) is 13.8 Å². The molecule has 0 spiro atoms. The van der Waals surface area contributed by atoms with Gasteiger partial charge in [-0.25, -0.2) is 0 Å². The van der Waals surface area contributed by atoms with Crippen molar-refractivity contribution in [2.24, 2.45) is 7.05 Å². The number of anilines is 1. The van der Waals surface area contributed by atoms with E-state index >= 15 is 0 Å². The zero-order chi connectivity index (χ0) is 21.1. The van der Waals surface area contributed by atoms with Crippen LogP contribution in [0.25, 0.3) is 11.0 Å². The van der Waals surface area contributed by atoms with Crippen LogP contribution >= 0.6 is 0 Å². The number of fused-ring (bicyclic) bond motifs is 1. The van der Waals surface area contributed by atoms with Crippen LogP contribution in [0.1, 0.15) is 34.8 Å². The molecule has 29 heavy (non-hydrogen) atoms. The first-order valence-electron chi connectivity index (χ1n) is 9.19. The summed E-state index contributed by atoms with van der Waals surface area (Å²) < 4.78 is 6.73. The molecule has 0 aliphatic rings. The molecule has 2 aromatic heterocycles. The van der Waals surface area contributed by atoms with Crippen LogP contribution in [0, 0.1) is 0 Å².